The summed E-state index contributed by atoms with van der Waals surface area (Å²) in [6.45, 7) is 5.41. The van der Waals surface area contributed by atoms with E-state index < -0.39 is 34.0 Å². The number of aliphatic hydroxyl groups is 1. The summed E-state index contributed by atoms with van der Waals surface area (Å²) in [5.41, 5.74) is 3.23. The second kappa shape index (κ2) is 11.7. The number of hydrogen-bond acceptors (Lipinski definition) is 5. The van der Waals surface area contributed by atoms with Crippen molar-refractivity contribution < 1.29 is 27.4 Å². The number of carbonyl (C=O) groups is 1. The summed E-state index contributed by atoms with van der Waals surface area (Å²) in [6, 6.07) is 17.2. The quantitative estimate of drug-likeness (QED) is 0.458. The molecule has 1 heterocycles. The molecule has 8 nitrogen and oxygen atoms in total. The van der Waals surface area contributed by atoms with Gasteiger partial charge in [0.1, 0.15) is 22.6 Å². The number of rotatable bonds is 6. The molecule has 4 rings (SSSR count). The van der Waals surface area contributed by atoms with Gasteiger partial charge < -0.3 is 20.1 Å². The Balaban J connectivity index is 1.69. The van der Waals surface area contributed by atoms with Crippen molar-refractivity contribution in [3.8, 4) is 16.9 Å². The number of halogens is 1. The maximum absolute atomic E-state index is 13.7. The molecule has 0 saturated carbocycles. The number of nitrogens with one attached hydrogen (secondary N) is 1. The molecule has 0 spiro atoms. The van der Waals surface area contributed by atoms with Gasteiger partial charge in [-0.15, -0.1) is 0 Å². The molecule has 2 N–H and O–H groups in total. The summed E-state index contributed by atoms with van der Waals surface area (Å²) in [5.74, 6) is -0.543. The van der Waals surface area contributed by atoms with Crippen molar-refractivity contribution in [2.75, 3.05) is 32.1 Å². The lowest BCUT2D eigenvalue weighted by Crippen LogP contribution is -2.50. The zero-order valence-corrected chi connectivity index (χ0v) is 23.3. The number of ether oxygens (including phenoxy) is 1. The number of likely N-dealkylation sites (N-methyl/N-ethyl adjacent to an activating group) is 1. The molecule has 0 aromatic heterocycles. The fraction of sp³-hybridized carbons (Fsp3) is 0.345. The highest BCUT2D eigenvalue weighted by Gasteiger charge is 2.38. The van der Waals surface area contributed by atoms with Gasteiger partial charge in [0.15, 0.2) is 0 Å². The van der Waals surface area contributed by atoms with Crippen molar-refractivity contribution in [1.82, 2.24) is 9.21 Å². The zero-order chi connectivity index (χ0) is 28.3. The molecule has 0 fully saturated rings. The average molecular weight is 556 g/mol. The van der Waals surface area contributed by atoms with Crippen molar-refractivity contribution in [1.29, 1.82) is 0 Å². The molecule has 3 aromatic carbocycles. The molecule has 0 radical (unpaired) electrons. The van der Waals surface area contributed by atoms with Crippen LogP contribution in [0, 0.1) is 18.7 Å². The van der Waals surface area contributed by atoms with Crippen LogP contribution >= 0.6 is 0 Å². The van der Waals surface area contributed by atoms with E-state index in [-0.39, 0.29) is 36.3 Å². The normalized spacial score (nSPS) is 19.6. The summed E-state index contributed by atoms with van der Waals surface area (Å²) in [4.78, 5) is 14.4. The molecule has 39 heavy (non-hydrogen) atoms. The van der Waals surface area contributed by atoms with E-state index in [1.807, 2.05) is 38.1 Å². The maximum Gasteiger partial charge on any atom is 0.321 e. The summed E-state index contributed by atoms with van der Waals surface area (Å²) in [7, 11) is -2.37. The first-order valence-corrected chi connectivity index (χ1v) is 14.2. The SMILES string of the molecule is Cc1ccccc1-c1ccc2c(c1)O[C@H](CN(C)C(=O)Nc1ccc(F)cc1)[C@H](C)CN([C@@H](C)CO)S2(=O)=O. The van der Waals surface area contributed by atoms with Crippen LogP contribution in [0.25, 0.3) is 11.1 Å². The monoisotopic (exact) mass is 555 g/mol. The van der Waals surface area contributed by atoms with Gasteiger partial charge in [-0.2, -0.15) is 4.31 Å². The van der Waals surface area contributed by atoms with E-state index >= 15 is 0 Å². The lowest BCUT2D eigenvalue weighted by atomic mass is 10.00. The lowest BCUT2D eigenvalue weighted by Gasteiger charge is -2.37. The Hall–Kier alpha value is -3.47. The Morgan fingerprint density at radius 1 is 1.18 bits per heavy atom. The fourth-order valence-corrected chi connectivity index (χ4v) is 6.44. The number of benzene rings is 3. The molecule has 1 aliphatic heterocycles. The molecule has 0 saturated heterocycles. The van der Waals surface area contributed by atoms with E-state index in [1.54, 1.807) is 32.2 Å². The van der Waals surface area contributed by atoms with Crippen LogP contribution in [0.2, 0.25) is 0 Å². The number of aliphatic hydroxyl groups excluding tert-OH is 1. The van der Waals surface area contributed by atoms with Gasteiger partial charge >= 0.3 is 6.03 Å². The molecule has 0 unspecified atom stereocenters. The maximum atomic E-state index is 13.7. The number of urea groups is 1. The van der Waals surface area contributed by atoms with E-state index in [1.165, 1.54) is 33.5 Å². The Morgan fingerprint density at radius 2 is 1.87 bits per heavy atom. The van der Waals surface area contributed by atoms with Crippen molar-refractivity contribution in [3.63, 3.8) is 0 Å². The van der Waals surface area contributed by atoms with E-state index in [4.69, 9.17) is 4.74 Å². The second-order valence-electron chi connectivity index (χ2n) is 10.0. The van der Waals surface area contributed by atoms with Crippen LogP contribution in [0.5, 0.6) is 5.75 Å². The zero-order valence-electron chi connectivity index (χ0n) is 22.5. The largest absolute Gasteiger partial charge is 0.487 e. The smallest absolute Gasteiger partial charge is 0.321 e. The first-order valence-electron chi connectivity index (χ1n) is 12.8. The van der Waals surface area contributed by atoms with Crippen LogP contribution < -0.4 is 10.1 Å². The highest BCUT2D eigenvalue weighted by molar-refractivity contribution is 7.89. The Kier molecular flexibility index (Phi) is 8.58. The minimum absolute atomic E-state index is 0.00968. The molecule has 208 valence electrons. The molecule has 1 aliphatic rings. The third kappa shape index (κ3) is 6.24. The van der Waals surface area contributed by atoms with Crippen LogP contribution in [0.3, 0.4) is 0 Å². The molecule has 0 aliphatic carbocycles. The lowest BCUT2D eigenvalue weighted by molar-refractivity contribution is 0.0830. The van der Waals surface area contributed by atoms with Gasteiger partial charge in [-0.3, -0.25) is 0 Å². The minimum Gasteiger partial charge on any atom is -0.487 e. The highest BCUT2D eigenvalue weighted by Crippen LogP contribution is 2.37. The number of carbonyl (C=O) groups excluding carboxylic acids is 1. The van der Waals surface area contributed by atoms with Crippen molar-refractivity contribution in [2.45, 2.75) is 37.8 Å². The highest BCUT2D eigenvalue weighted by atomic mass is 32.2. The molecule has 0 bridgehead atoms. The Morgan fingerprint density at radius 3 is 2.54 bits per heavy atom. The summed E-state index contributed by atoms with van der Waals surface area (Å²) in [5, 5.41) is 12.6. The fourth-order valence-electron chi connectivity index (χ4n) is 4.61. The number of anilines is 1. The van der Waals surface area contributed by atoms with E-state index in [0.717, 1.165) is 16.7 Å². The second-order valence-corrected chi connectivity index (χ2v) is 11.9. The number of fused-ring (bicyclic) bond motifs is 1. The van der Waals surface area contributed by atoms with Gasteiger partial charge in [-0.1, -0.05) is 37.3 Å². The predicted molar refractivity (Wildman–Crippen MR) is 149 cm³/mol. The van der Waals surface area contributed by atoms with E-state index in [9.17, 15) is 22.7 Å². The van der Waals surface area contributed by atoms with Gasteiger partial charge in [0, 0.05) is 31.2 Å². The molecule has 3 atom stereocenters. The van der Waals surface area contributed by atoms with Crippen LogP contribution in [-0.2, 0) is 10.0 Å². The minimum atomic E-state index is -3.98. The summed E-state index contributed by atoms with van der Waals surface area (Å²) in [6.07, 6.45) is -0.566. The predicted octanol–water partition coefficient (Wildman–Crippen LogP) is 4.73. The van der Waals surface area contributed by atoms with Gasteiger partial charge in [-0.05, 0) is 66.9 Å². The van der Waals surface area contributed by atoms with Crippen LogP contribution in [0.4, 0.5) is 14.9 Å². The summed E-state index contributed by atoms with van der Waals surface area (Å²) < 4.78 is 48.4. The molecule has 3 aromatic rings. The first kappa shape index (κ1) is 28.5. The van der Waals surface area contributed by atoms with Gasteiger partial charge in [0.2, 0.25) is 10.0 Å². The number of sulfonamides is 1. The van der Waals surface area contributed by atoms with Crippen LogP contribution in [-0.4, -0.2) is 67.7 Å². The molecular weight excluding hydrogens is 521 g/mol. The standard InChI is InChI=1S/C29H34FN3O5S/c1-19-7-5-6-8-25(19)22-9-14-28-26(15-22)38-27(20(2)16-33(21(3)18-34)39(28,36)37)17-32(4)29(35)31-24-12-10-23(30)11-13-24/h5-15,20-21,27,34H,16-18H2,1-4H3,(H,31,35)/t20-,21+,27-/m1/s1. The molecule has 10 heteroatoms. The number of amides is 2. The van der Waals surface area contributed by atoms with Crippen LogP contribution in [0.1, 0.15) is 19.4 Å². The number of aryl methyl sites for hydroxylation is 1. The van der Waals surface area contributed by atoms with Crippen LogP contribution in [0.15, 0.2) is 71.6 Å². The Labute approximate surface area is 229 Å². The Bertz CT molecular complexity index is 1430. The number of nitrogens with zero attached hydrogens (tertiary/aromatic N) is 2. The van der Waals surface area contributed by atoms with Gasteiger partial charge in [0.05, 0.1) is 13.2 Å². The molecule has 2 amide bonds. The third-order valence-electron chi connectivity index (χ3n) is 7.02. The summed E-state index contributed by atoms with van der Waals surface area (Å²) >= 11 is 0. The average Bonchev–Trinajstić information content (AvgIpc) is 2.91. The van der Waals surface area contributed by atoms with Crippen molar-refractivity contribution in [3.05, 3.63) is 78.1 Å². The molecular formula is C29H34FN3O5S. The first-order chi connectivity index (χ1) is 18.5. The van der Waals surface area contributed by atoms with E-state index in [2.05, 4.69) is 5.32 Å². The number of hydrogen-bond donors (Lipinski definition) is 2. The van der Waals surface area contributed by atoms with E-state index in [0.29, 0.717) is 5.69 Å². The van der Waals surface area contributed by atoms with Gasteiger partial charge in [-0.25, -0.2) is 17.6 Å². The van der Waals surface area contributed by atoms with Crippen molar-refractivity contribution >= 4 is 21.7 Å². The topological polar surface area (TPSA) is 99.2 Å². The third-order valence-corrected chi connectivity index (χ3v) is 9.04. The van der Waals surface area contributed by atoms with Gasteiger partial charge in [0.25, 0.3) is 0 Å². The van der Waals surface area contributed by atoms with Crippen molar-refractivity contribution in [2.24, 2.45) is 5.92 Å².